The Labute approximate surface area is 264 Å². The van der Waals surface area contributed by atoms with E-state index in [1.54, 1.807) is 31.5 Å². The van der Waals surface area contributed by atoms with E-state index in [0.717, 1.165) is 11.0 Å². The summed E-state index contributed by atoms with van der Waals surface area (Å²) in [5.41, 5.74) is 1.21. The van der Waals surface area contributed by atoms with Crippen LogP contribution in [-0.2, 0) is 4.74 Å². The largest absolute Gasteiger partial charge is 0.477 e. The van der Waals surface area contributed by atoms with Crippen molar-refractivity contribution in [2.75, 3.05) is 13.1 Å². The first kappa shape index (κ1) is 32.9. The van der Waals surface area contributed by atoms with Gasteiger partial charge in [0.1, 0.15) is 28.3 Å². The molecule has 0 aromatic carbocycles. The monoisotopic (exact) mass is 646 g/mol. The van der Waals surface area contributed by atoms with Gasteiger partial charge in [0, 0.05) is 36.3 Å². The van der Waals surface area contributed by atoms with Crippen molar-refractivity contribution in [2.45, 2.75) is 66.2 Å². The average Bonchev–Trinajstić information content (AvgIpc) is 3.47. The Morgan fingerprint density at radius 2 is 1.66 bits per heavy atom. The highest BCUT2D eigenvalue weighted by Crippen LogP contribution is 2.30. The fraction of sp³-hybridized carbons (Fsp3) is 0.483. The predicted octanol–water partition coefficient (Wildman–Crippen LogP) is 5.53. The predicted molar refractivity (Wildman–Crippen MR) is 166 cm³/mol. The molecule has 0 bridgehead atoms. The van der Waals surface area contributed by atoms with Crippen LogP contribution in [0.4, 0.5) is 4.79 Å². The molecule has 2 atom stereocenters. The summed E-state index contributed by atoms with van der Waals surface area (Å²) in [6, 6.07) is 3.14. The Morgan fingerprint density at radius 1 is 1.07 bits per heavy atom. The van der Waals surface area contributed by atoms with E-state index in [4.69, 9.17) is 27.9 Å². The van der Waals surface area contributed by atoms with Crippen molar-refractivity contribution in [3.8, 4) is 0 Å². The number of carbonyl (C=O) groups is 3. The van der Waals surface area contributed by atoms with Crippen LogP contribution in [0.15, 0.2) is 24.5 Å². The number of nitrogens with one attached hydrogen (secondary N) is 2. The Bertz CT molecular complexity index is 1710. The Morgan fingerprint density at radius 3 is 2.20 bits per heavy atom. The lowest BCUT2D eigenvalue weighted by molar-refractivity contribution is 0.0516. The molecule has 5 rings (SSSR count). The molecule has 0 unspecified atom stereocenters. The van der Waals surface area contributed by atoms with Crippen molar-refractivity contribution in [3.05, 3.63) is 46.5 Å². The van der Waals surface area contributed by atoms with E-state index in [9.17, 15) is 19.5 Å². The van der Waals surface area contributed by atoms with Gasteiger partial charge in [-0.2, -0.15) is 9.97 Å². The fourth-order valence-electron chi connectivity index (χ4n) is 5.03. The first-order chi connectivity index (χ1) is 20.6. The summed E-state index contributed by atoms with van der Waals surface area (Å²) in [6.45, 7) is 14.2. The van der Waals surface area contributed by atoms with Gasteiger partial charge in [0.2, 0.25) is 10.6 Å². The molecule has 2 amide bonds. The van der Waals surface area contributed by atoms with E-state index in [2.05, 4.69) is 44.4 Å². The molecule has 0 spiro atoms. The summed E-state index contributed by atoms with van der Waals surface area (Å²) in [7, 11) is 0. The number of nitrogens with zero attached hydrogens (tertiary/aromatic N) is 6. The van der Waals surface area contributed by atoms with Gasteiger partial charge >= 0.3 is 12.1 Å². The van der Waals surface area contributed by atoms with Crippen LogP contribution >= 0.6 is 23.2 Å². The van der Waals surface area contributed by atoms with Gasteiger partial charge in [-0.05, 0) is 67.9 Å². The third-order valence-electron chi connectivity index (χ3n) is 7.07. The minimum Gasteiger partial charge on any atom is -0.477 e. The zero-order valence-electron chi connectivity index (χ0n) is 25.6. The van der Waals surface area contributed by atoms with E-state index in [1.807, 2.05) is 24.5 Å². The highest BCUT2D eigenvalue weighted by atomic mass is 35.5. The van der Waals surface area contributed by atoms with Crippen molar-refractivity contribution in [1.82, 2.24) is 39.7 Å². The van der Waals surface area contributed by atoms with E-state index in [0.29, 0.717) is 29.2 Å². The lowest BCUT2D eigenvalue weighted by Crippen LogP contribution is -2.40. The number of aromatic nitrogens is 6. The van der Waals surface area contributed by atoms with Gasteiger partial charge in [-0.3, -0.25) is 4.79 Å². The fourth-order valence-corrected chi connectivity index (χ4v) is 5.28. The van der Waals surface area contributed by atoms with Crippen LogP contribution in [0.2, 0.25) is 10.6 Å². The lowest BCUT2D eigenvalue weighted by Gasteiger charge is -2.29. The van der Waals surface area contributed by atoms with Gasteiger partial charge in [-0.15, -0.1) is 0 Å². The lowest BCUT2D eigenvalue weighted by atomic mass is 10.0. The summed E-state index contributed by atoms with van der Waals surface area (Å²) in [4.78, 5) is 51.9. The van der Waals surface area contributed by atoms with Crippen LogP contribution in [0, 0.1) is 11.8 Å². The molecular weight excluding hydrogens is 611 g/mol. The molecule has 4 aromatic rings. The number of hydrogen-bond donors (Lipinski definition) is 3. The second-order valence-corrected chi connectivity index (χ2v) is 12.8. The summed E-state index contributed by atoms with van der Waals surface area (Å²) in [5.74, 6) is -0.760. The standard InChI is InChI=1S/C17H23ClN4O4.C12H13ClN4O/c1-9(2)12(8-20-16(25)26-17(3,4)5)22-11(14(23)24)6-10-7-19-15(18)21-13(10)22;1-6(2)9-5-14-11(18)8-3-7-4-15-12(13)16-10(7)17(8)9/h6-7,9,12H,8H2,1-5H3,(H,20,25)(H,23,24);3-4,6,9H,5H2,1-2H3,(H,14,18)/t12-;9-/m00/s1. The summed E-state index contributed by atoms with van der Waals surface area (Å²) in [6.07, 6.45) is 2.57. The third kappa shape index (κ3) is 7.21. The van der Waals surface area contributed by atoms with Crippen molar-refractivity contribution >= 4 is 63.2 Å². The van der Waals surface area contributed by atoms with Crippen LogP contribution in [0.3, 0.4) is 0 Å². The average molecular weight is 648 g/mol. The molecule has 0 saturated carbocycles. The van der Waals surface area contributed by atoms with Gasteiger partial charge in [0.05, 0.1) is 12.1 Å². The molecule has 236 valence electrons. The summed E-state index contributed by atoms with van der Waals surface area (Å²) in [5, 5.41) is 16.8. The van der Waals surface area contributed by atoms with Crippen molar-refractivity contribution in [3.63, 3.8) is 0 Å². The molecule has 4 aromatic heterocycles. The van der Waals surface area contributed by atoms with Crippen LogP contribution in [0.25, 0.3) is 22.1 Å². The number of rotatable bonds is 6. The number of fused-ring (bicyclic) bond motifs is 4. The molecule has 0 radical (unpaired) electrons. The Hall–Kier alpha value is -3.97. The first-order valence-electron chi connectivity index (χ1n) is 14.1. The molecule has 3 N–H and O–H groups in total. The maximum Gasteiger partial charge on any atom is 0.407 e. The second-order valence-electron chi connectivity index (χ2n) is 12.2. The molecule has 15 heteroatoms. The first-order valence-corrected chi connectivity index (χ1v) is 14.9. The van der Waals surface area contributed by atoms with Crippen molar-refractivity contribution < 1.29 is 24.2 Å². The number of carbonyl (C=O) groups excluding carboxylic acids is 2. The Balaban J connectivity index is 0.000000213. The number of amides is 2. The van der Waals surface area contributed by atoms with Crippen molar-refractivity contribution in [2.24, 2.45) is 11.8 Å². The van der Waals surface area contributed by atoms with Gasteiger partial charge in [0.25, 0.3) is 5.91 Å². The van der Waals surface area contributed by atoms with E-state index in [1.165, 1.54) is 12.3 Å². The number of carboxylic acid groups (broad SMARTS) is 1. The van der Waals surface area contributed by atoms with E-state index < -0.39 is 17.7 Å². The Kier molecular flexibility index (Phi) is 9.69. The maximum atomic E-state index is 12.0. The van der Waals surface area contributed by atoms with E-state index >= 15 is 0 Å². The minimum absolute atomic E-state index is 0.00683. The number of halogens is 2. The molecule has 5 heterocycles. The van der Waals surface area contributed by atoms with E-state index in [-0.39, 0.29) is 46.7 Å². The SMILES string of the molecule is CC(C)[C@@H]1CNC(=O)c2cc3cnc(Cl)nc3n21.CC(C)[C@H](CNC(=O)OC(C)(C)C)n1c(C(=O)O)cc2cnc(Cl)nc21. The molecule has 1 aliphatic rings. The summed E-state index contributed by atoms with van der Waals surface area (Å²) < 4.78 is 8.80. The number of ether oxygens (including phenoxy) is 1. The highest BCUT2D eigenvalue weighted by molar-refractivity contribution is 6.28. The van der Waals surface area contributed by atoms with Crippen LogP contribution in [0.5, 0.6) is 0 Å². The zero-order chi connectivity index (χ0) is 32.5. The molecule has 0 fully saturated rings. The van der Waals surface area contributed by atoms with Gasteiger partial charge in [-0.25, -0.2) is 19.6 Å². The van der Waals surface area contributed by atoms with Crippen LogP contribution < -0.4 is 10.6 Å². The molecule has 13 nitrogen and oxygen atoms in total. The minimum atomic E-state index is -1.10. The van der Waals surface area contributed by atoms with Crippen LogP contribution in [-0.4, -0.2) is 70.8 Å². The topological polar surface area (TPSA) is 166 Å². The molecule has 1 aliphatic heterocycles. The van der Waals surface area contributed by atoms with Crippen molar-refractivity contribution in [1.29, 1.82) is 0 Å². The molecule has 44 heavy (non-hydrogen) atoms. The second kappa shape index (κ2) is 12.9. The van der Waals surface area contributed by atoms with Gasteiger partial charge in [-0.1, -0.05) is 27.7 Å². The number of hydrogen-bond acceptors (Lipinski definition) is 8. The summed E-state index contributed by atoms with van der Waals surface area (Å²) >= 11 is 11.7. The van der Waals surface area contributed by atoms with Gasteiger partial charge < -0.3 is 29.6 Å². The maximum absolute atomic E-state index is 12.0. The smallest absolute Gasteiger partial charge is 0.407 e. The normalized spacial score (nSPS) is 15.5. The number of carboxylic acids is 1. The van der Waals surface area contributed by atoms with Crippen LogP contribution in [0.1, 0.15) is 81.5 Å². The molecule has 0 saturated heterocycles. The van der Waals surface area contributed by atoms with Gasteiger partial charge in [0.15, 0.2) is 0 Å². The third-order valence-corrected chi connectivity index (χ3v) is 7.44. The zero-order valence-corrected chi connectivity index (χ0v) is 27.1. The highest BCUT2D eigenvalue weighted by Gasteiger charge is 2.30. The number of aromatic carboxylic acids is 1. The quantitative estimate of drug-likeness (QED) is 0.228. The molecule has 0 aliphatic carbocycles. The molecular formula is C29H36Cl2N8O5. The number of alkyl carbamates (subject to hydrolysis) is 1.